The molecule has 1 aromatic carbocycles. The van der Waals surface area contributed by atoms with E-state index in [1.54, 1.807) is 7.11 Å². The number of nitrogens with zero attached hydrogens (tertiary/aromatic N) is 2. The molecule has 0 fully saturated rings. The molecule has 0 heterocycles. The lowest BCUT2D eigenvalue weighted by atomic mass is 10.1. The zero-order valence-corrected chi connectivity index (χ0v) is 11.0. The standard InChI is InChI=1S/C11H17N5O.ClH/c1-17-9-4-2-3-8(7-9)5-6-15-11(14)16-10(12)13;/h2-4,7H,5-6H2,1H3,(H6,12,13,14,15,16);1H. The highest BCUT2D eigenvalue weighted by Gasteiger charge is 1.96. The maximum atomic E-state index is 5.47. The fourth-order valence-corrected chi connectivity index (χ4v) is 1.30. The van der Waals surface area contributed by atoms with Crippen molar-refractivity contribution >= 4 is 24.3 Å². The Morgan fingerprint density at radius 1 is 1.28 bits per heavy atom. The first-order valence-electron chi connectivity index (χ1n) is 5.14. The van der Waals surface area contributed by atoms with Crippen LogP contribution in [-0.2, 0) is 6.42 Å². The lowest BCUT2D eigenvalue weighted by Crippen LogP contribution is -2.26. The van der Waals surface area contributed by atoms with Gasteiger partial charge in [0.15, 0.2) is 5.96 Å². The SMILES string of the molecule is COc1cccc(CCN=C(N)N=C(N)N)c1.Cl. The van der Waals surface area contributed by atoms with E-state index in [0.29, 0.717) is 6.54 Å². The van der Waals surface area contributed by atoms with E-state index < -0.39 is 0 Å². The minimum absolute atomic E-state index is 0. The highest BCUT2D eigenvalue weighted by Crippen LogP contribution is 2.12. The average molecular weight is 272 g/mol. The fourth-order valence-electron chi connectivity index (χ4n) is 1.30. The molecule has 18 heavy (non-hydrogen) atoms. The van der Waals surface area contributed by atoms with Gasteiger partial charge in [0.1, 0.15) is 5.75 Å². The summed E-state index contributed by atoms with van der Waals surface area (Å²) < 4.78 is 5.12. The second-order valence-corrected chi connectivity index (χ2v) is 3.38. The van der Waals surface area contributed by atoms with E-state index >= 15 is 0 Å². The van der Waals surface area contributed by atoms with Gasteiger partial charge in [0.2, 0.25) is 5.96 Å². The van der Waals surface area contributed by atoms with Crippen molar-refractivity contribution in [3.05, 3.63) is 29.8 Å². The second kappa shape index (κ2) is 8.19. The fraction of sp³-hybridized carbons (Fsp3) is 0.273. The summed E-state index contributed by atoms with van der Waals surface area (Å²) in [5, 5.41) is 0. The molecule has 0 amide bonds. The van der Waals surface area contributed by atoms with E-state index in [1.165, 1.54) is 0 Å². The summed E-state index contributed by atoms with van der Waals surface area (Å²) in [6.07, 6.45) is 0.748. The molecule has 0 aliphatic rings. The Labute approximate surface area is 112 Å². The molecule has 0 bridgehead atoms. The lowest BCUT2D eigenvalue weighted by molar-refractivity contribution is 0.414. The van der Waals surface area contributed by atoms with Gasteiger partial charge in [-0.2, -0.15) is 4.99 Å². The van der Waals surface area contributed by atoms with Crippen LogP contribution in [0.5, 0.6) is 5.75 Å². The molecule has 1 rings (SSSR count). The highest BCUT2D eigenvalue weighted by atomic mass is 35.5. The van der Waals surface area contributed by atoms with Crippen LogP contribution in [0.2, 0.25) is 0 Å². The van der Waals surface area contributed by atoms with Crippen LogP contribution in [0.3, 0.4) is 0 Å². The summed E-state index contributed by atoms with van der Waals surface area (Å²) in [5.74, 6) is 0.823. The maximum absolute atomic E-state index is 5.47. The minimum Gasteiger partial charge on any atom is -0.497 e. The van der Waals surface area contributed by atoms with Gasteiger partial charge < -0.3 is 21.9 Å². The number of ether oxygens (including phenoxy) is 1. The van der Waals surface area contributed by atoms with Gasteiger partial charge in [0.05, 0.1) is 7.11 Å². The number of hydrogen-bond acceptors (Lipinski definition) is 2. The zero-order valence-electron chi connectivity index (χ0n) is 10.2. The Balaban J connectivity index is 0.00000289. The van der Waals surface area contributed by atoms with Crippen molar-refractivity contribution in [2.75, 3.05) is 13.7 Å². The molecular formula is C11H18ClN5O. The maximum Gasteiger partial charge on any atom is 0.218 e. The molecule has 0 aliphatic carbocycles. The van der Waals surface area contributed by atoms with Crippen LogP contribution in [0, 0.1) is 0 Å². The molecule has 0 aliphatic heterocycles. The summed E-state index contributed by atoms with van der Waals surface area (Å²) >= 11 is 0. The van der Waals surface area contributed by atoms with Crippen molar-refractivity contribution in [2.45, 2.75) is 6.42 Å². The van der Waals surface area contributed by atoms with Crippen LogP contribution in [0.25, 0.3) is 0 Å². The van der Waals surface area contributed by atoms with Gasteiger partial charge in [0, 0.05) is 6.54 Å². The summed E-state index contributed by atoms with van der Waals surface area (Å²) in [7, 11) is 1.63. The van der Waals surface area contributed by atoms with Crippen LogP contribution in [-0.4, -0.2) is 25.6 Å². The van der Waals surface area contributed by atoms with Gasteiger partial charge >= 0.3 is 0 Å². The molecule has 7 heteroatoms. The summed E-state index contributed by atoms with van der Waals surface area (Å²) in [6.45, 7) is 0.524. The quantitative estimate of drug-likeness (QED) is 0.538. The van der Waals surface area contributed by atoms with Crippen LogP contribution in [0.4, 0.5) is 0 Å². The van der Waals surface area contributed by atoms with Gasteiger partial charge in [-0.25, -0.2) is 0 Å². The molecule has 6 nitrogen and oxygen atoms in total. The van der Waals surface area contributed by atoms with Crippen LogP contribution in [0.15, 0.2) is 34.3 Å². The lowest BCUT2D eigenvalue weighted by Gasteiger charge is -2.02. The Hall–Kier alpha value is -1.95. The van der Waals surface area contributed by atoms with Crippen molar-refractivity contribution in [2.24, 2.45) is 27.2 Å². The van der Waals surface area contributed by atoms with Gasteiger partial charge in [-0.3, -0.25) is 4.99 Å². The largest absolute Gasteiger partial charge is 0.497 e. The number of nitrogens with two attached hydrogens (primary N) is 3. The summed E-state index contributed by atoms with van der Waals surface area (Å²) in [4.78, 5) is 7.64. The Kier molecular flexibility index (Phi) is 7.30. The van der Waals surface area contributed by atoms with Crippen LogP contribution in [0.1, 0.15) is 5.56 Å². The molecule has 0 atom stereocenters. The predicted octanol–water partition coefficient (Wildman–Crippen LogP) is 0.248. The number of hydrogen-bond donors (Lipinski definition) is 3. The molecule has 0 radical (unpaired) electrons. The van der Waals surface area contributed by atoms with E-state index in [4.69, 9.17) is 21.9 Å². The van der Waals surface area contributed by atoms with Crippen molar-refractivity contribution in [1.82, 2.24) is 0 Å². The number of methoxy groups -OCH3 is 1. The zero-order chi connectivity index (χ0) is 12.7. The number of guanidine groups is 2. The second-order valence-electron chi connectivity index (χ2n) is 3.38. The number of aliphatic imine (C=N–C) groups is 2. The molecule has 6 N–H and O–H groups in total. The van der Waals surface area contributed by atoms with Crippen LogP contribution >= 0.6 is 12.4 Å². The smallest absolute Gasteiger partial charge is 0.218 e. The van der Waals surface area contributed by atoms with E-state index in [2.05, 4.69) is 9.98 Å². The molecule has 0 saturated heterocycles. The van der Waals surface area contributed by atoms with Crippen LogP contribution < -0.4 is 21.9 Å². The number of halogens is 1. The Morgan fingerprint density at radius 2 is 2.00 bits per heavy atom. The van der Waals surface area contributed by atoms with Gasteiger partial charge in [-0.15, -0.1) is 12.4 Å². The van der Waals surface area contributed by atoms with Crippen molar-refractivity contribution in [1.29, 1.82) is 0 Å². The van der Waals surface area contributed by atoms with E-state index in [-0.39, 0.29) is 24.3 Å². The predicted molar refractivity (Wildman–Crippen MR) is 76.2 cm³/mol. The summed E-state index contributed by atoms with van der Waals surface area (Å²) in [6, 6.07) is 7.76. The third-order valence-corrected chi connectivity index (χ3v) is 2.05. The molecular weight excluding hydrogens is 254 g/mol. The molecule has 0 aromatic heterocycles. The van der Waals surface area contributed by atoms with Crippen molar-refractivity contribution < 1.29 is 4.74 Å². The first kappa shape index (κ1) is 16.1. The molecule has 0 spiro atoms. The molecule has 0 unspecified atom stereocenters. The van der Waals surface area contributed by atoms with E-state index in [9.17, 15) is 0 Å². The topological polar surface area (TPSA) is 112 Å². The molecule has 0 saturated carbocycles. The van der Waals surface area contributed by atoms with Gasteiger partial charge in [-0.1, -0.05) is 12.1 Å². The van der Waals surface area contributed by atoms with Crippen molar-refractivity contribution in [3.63, 3.8) is 0 Å². The van der Waals surface area contributed by atoms with E-state index in [1.807, 2.05) is 24.3 Å². The third kappa shape index (κ3) is 5.95. The van der Waals surface area contributed by atoms with Gasteiger partial charge in [0.25, 0.3) is 0 Å². The highest BCUT2D eigenvalue weighted by molar-refractivity contribution is 5.92. The van der Waals surface area contributed by atoms with Crippen molar-refractivity contribution in [3.8, 4) is 5.75 Å². The number of benzene rings is 1. The van der Waals surface area contributed by atoms with Gasteiger partial charge in [-0.05, 0) is 24.1 Å². The third-order valence-electron chi connectivity index (χ3n) is 2.05. The summed E-state index contributed by atoms with van der Waals surface area (Å²) in [5.41, 5.74) is 16.9. The first-order chi connectivity index (χ1) is 8.11. The minimum atomic E-state index is -0.0902. The molecule has 100 valence electrons. The average Bonchev–Trinajstić information content (AvgIpc) is 2.28. The first-order valence-corrected chi connectivity index (χ1v) is 5.14. The number of rotatable bonds is 4. The molecule has 1 aromatic rings. The monoisotopic (exact) mass is 271 g/mol. The Bertz CT molecular complexity index is 429. The Morgan fingerprint density at radius 3 is 2.61 bits per heavy atom. The normalized spacial score (nSPS) is 10.4. The van der Waals surface area contributed by atoms with E-state index in [0.717, 1.165) is 17.7 Å².